The first-order valence-corrected chi connectivity index (χ1v) is 14.4. The molecular weight excluding hydrogens is 595 g/mol. The van der Waals surface area contributed by atoms with Crippen LogP contribution in [0.25, 0.3) is 17.8 Å². The average Bonchev–Trinajstić information content (AvgIpc) is 3.58. The SMILES string of the molecule is Cc1ccc(C(C)C)c(N2C(=O)CS/C2=N\C(O)Nc2ccc(/C=C/c3ncn(-c4ccc(OC(F)(F)F)cc4)n3)cn2)c1. The summed E-state index contributed by atoms with van der Waals surface area (Å²) in [5.41, 5.74) is 4.03. The molecule has 1 unspecified atom stereocenters. The third-order valence-electron chi connectivity index (χ3n) is 6.38. The molecule has 2 aromatic heterocycles. The topological polar surface area (TPSA) is 118 Å². The number of halogens is 3. The molecule has 228 valence electrons. The number of thioether (sulfide) groups is 1. The Kier molecular flexibility index (Phi) is 9.01. The quantitative estimate of drug-likeness (QED) is 0.219. The number of aliphatic hydroxyl groups excluding tert-OH is 1. The molecule has 0 bridgehead atoms. The van der Waals surface area contributed by atoms with Crippen molar-refractivity contribution in [2.45, 2.75) is 39.4 Å². The number of anilines is 2. The fourth-order valence-corrected chi connectivity index (χ4v) is 5.22. The van der Waals surface area contributed by atoms with E-state index in [0.29, 0.717) is 22.5 Å². The summed E-state index contributed by atoms with van der Waals surface area (Å²) in [7, 11) is 0. The smallest absolute Gasteiger partial charge is 0.406 e. The van der Waals surface area contributed by atoms with Gasteiger partial charge in [0.15, 0.2) is 11.0 Å². The summed E-state index contributed by atoms with van der Waals surface area (Å²) in [5.74, 6) is 0.737. The molecule has 44 heavy (non-hydrogen) atoms. The Balaban J connectivity index is 1.22. The lowest BCUT2D eigenvalue weighted by Gasteiger charge is -2.23. The van der Waals surface area contributed by atoms with Gasteiger partial charge in [0, 0.05) is 6.20 Å². The maximum atomic E-state index is 12.8. The maximum absolute atomic E-state index is 12.8. The number of aryl methyl sites for hydroxylation is 1. The maximum Gasteiger partial charge on any atom is 0.573 e. The number of nitrogens with one attached hydrogen (secondary N) is 1. The molecule has 14 heteroatoms. The minimum Gasteiger partial charge on any atom is -0.406 e. The molecule has 10 nitrogen and oxygen atoms in total. The van der Waals surface area contributed by atoms with Crippen molar-refractivity contribution in [3.63, 3.8) is 0 Å². The van der Waals surface area contributed by atoms with Crippen molar-refractivity contribution in [3.8, 4) is 11.4 Å². The lowest BCUT2D eigenvalue weighted by Crippen LogP contribution is -2.32. The van der Waals surface area contributed by atoms with Crippen LogP contribution >= 0.6 is 11.8 Å². The number of nitrogens with zero attached hydrogens (tertiary/aromatic N) is 6. The van der Waals surface area contributed by atoms with Gasteiger partial charge in [-0.1, -0.05) is 37.7 Å². The van der Waals surface area contributed by atoms with E-state index in [1.165, 1.54) is 47.0 Å². The zero-order valence-corrected chi connectivity index (χ0v) is 24.7. The van der Waals surface area contributed by atoms with E-state index in [0.717, 1.165) is 22.4 Å². The first kappa shape index (κ1) is 30.8. The minimum atomic E-state index is -4.76. The summed E-state index contributed by atoms with van der Waals surface area (Å²) in [6.07, 6.45) is 0.309. The molecule has 4 aromatic rings. The van der Waals surface area contributed by atoms with Gasteiger partial charge in [0.2, 0.25) is 12.3 Å². The van der Waals surface area contributed by atoms with Crippen molar-refractivity contribution in [1.82, 2.24) is 19.7 Å². The molecule has 1 atom stereocenters. The molecule has 0 spiro atoms. The van der Waals surface area contributed by atoms with Gasteiger partial charge < -0.3 is 15.2 Å². The number of amidine groups is 1. The molecule has 2 aromatic carbocycles. The highest BCUT2D eigenvalue weighted by Gasteiger charge is 2.33. The van der Waals surface area contributed by atoms with E-state index in [1.807, 2.05) is 25.1 Å². The van der Waals surface area contributed by atoms with Gasteiger partial charge >= 0.3 is 6.36 Å². The molecule has 1 amide bonds. The van der Waals surface area contributed by atoms with Crippen LogP contribution in [-0.4, -0.2) is 54.4 Å². The highest BCUT2D eigenvalue weighted by Crippen LogP contribution is 2.34. The van der Waals surface area contributed by atoms with Crippen LogP contribution in [-0.2, 0) is 4.79 Å². The second-order valence-electron chi connectivity index (χ2n) is 10.1. The third-order valence-corrected chi connectivity index (χ3v) is 7.32. The molecule has 0 saturated carbocycles. The van der Waals surface area contributed by atoms with Gasteiger partial charge in [-0.15, -0.1) is 18.3 Å². The molecule has 0 radical (unpaired) electrons. The van der Waals surface area contributed by atoms with Crippen LogP contribution in [0.1, 0.15) is 42.3 Å². The molecule has 5 rings (SSSR count). The second kappa shape index (κ2) is 12.9. The largest absolute Gasteiger partial charge is 0.573 e. The molecule has 1 fully saturated rings. The van der Waals surface area contributed by atoms with Crippen LogP contribution in [0.4, 0.5) is 24.7 Å². The fourth-order valence-electron chi connectivity index (χ4n) is 4.34. The zero-order chi connectivity index (χ0) is 31.4. The standard InChI is InChI=1S/C30H28F3N7O3S/c1-18(2)23-11-4-19(3)14-24(23)40-27(41)16-44-29(40)37-28(42)36-25-12-5-20(15-34-25)6-13-26-35-17-39(38-26)21-7-9-22(10-8-21)43-30(31,32)33/h4-15,17-18,28,42H,16H2,1-3H3,(H,34,36)/b13-6+,37-29-. The Hall–Kier alpha value is -4.69. The molecule has 1 aliphatic rings. The number of hydrogen-bond acceptors (Lipinski definition) is 9. The Morgan fingerprint density at radius 1 is 1.09 bits per heavy atom. The number of aromatic nitrogens is 4. The Bertz CT molecular complexity index is 1690. The van der Waals surface area contributed by atoms with Gasteiger partial charge in [-0.25, -0.2) is 19.6 Å². The first-order chi connectivity index (χ1) is 20.9. The van der Waals surface area contributed by atoms with Crippen LogP contribution in [0.15, 0.2) is 72.1 Å². The van der Waals surface area contributed by atoms with Gasteiger partial charge in [0.25, 0.3) is 0 Å². The van der Waals surface area contributed by atoms with Gasteiger partial charge in [-0.3, -0.25) is 9.69 Å². The molecule has 0 aliphatic carbocycles. The number of benzene rings is 2. The van der Waals surface area contributed by atoms with E-state index in [9.17, 15) is 23.1 Å². The van der Waals surface area contributed by atoms with Crippen molar-refractivity contribution >= 4 is 46.5 Å². The summed E-state index contributed by atoms with van der Waals surface area (Å²) >= 11 is 1.26. The van der Waals surface area contributed by atoms with Gasteiger partial charge in [-0.05, 0) is 84.1 Å². The first-order valence-electron chi connectivity index (χ1n) is 13.5. The highest BCUT2D eigenvalue weighted by molar-refractivity contribution is 8.15. The van der Waals surface area contributed by atoms with E-state index in [1.54, 1.807) is 35.4 Å². The average molecular weight is 624 g/mol. The molecule has 2 N–H and O–H groups in total. The molecule has 3 heterocycles. The summed E-state index contributed by atoms with van der Waals surface area (Å²) in [5, 5.41) is 18.2. The number of aliphatic imine (C=N–C) groups is 1. The predicted molar refractivity (Wildman–Crippen MR) is 163 cm³/mol. The number of carbonyl (C=O) groups excluding carboxylic acids is 1. The number of ether oxygens (including phenoxy) is 1. The van der Waals surface area contributed by atoms with Crippen LogP contribution in [0, 0.1) is 6.92 Å². The predicted octanol–water partition coefficient (Wildman–Crippen LogP) is 5.99. The fraction of sp³-hybridized carbons (Fsp3) is 0.233. The summed E-state index contributed by atoms with van der Waals surface area (Å²) < 4.78 is 42.4. The Labute approximate surface area is 255 Å². The molecule has 1 aliphatic heterocycles. The van der Waals surface area contributed by atoms with Crippen molar-refractivity contribution in [2.75, 3.05) is 16.0 Å². The van der Waals surface area contributed by atoms with E-state index >= 15 is 0 Å². The van der Waals surface area contributed by atoms with Gasteiger partial charge in [0.05, 0.1) is 17.1 Å². The number of carbonyl (C=O) groups is 1. The number of amides is 1. The van der Waals surface area contributed by atoms with Crippen LogP contribution in [0.5, 0.6) is 5.75 Å². The zero-order valence-electron chi connectivity index (χ0n) is 23.9. The van der Waals surface area contributed by atoms with Gasteiger partial charge in [0.1, 0.15) is 17.9 Å². The van der Waals surface area contributed by atoms with Crippen molar-refractivity contribution in [2.24, 2.45) is 4.99 Å². The van der Waals surface area contributed by atoms with Crippen LogP contribution < -0.4 is 15.0 Å². The lowest BCUT2D eigenvalue weighted by atomic mass is 9.99. The summed E-state index contributed by atoms with van der Waals surface area (Å²) in [6, 6.07) is 14.7. The van der Waals surface area contributed by atoms with Crippen molar-refractivity contribution in [3.05, 3.63) is 89.6 Å². The monoisotopic (exact) mass is 623 g/mol. The lowest BCUT2D eigenvalue weighted by molar-refractivity contribution is -0.274. The summed E-state index contributed by atoms with van der Waals surface area (Å²) in [6.45, 7) is 6.09. The minimum absolute atomic E-state index is 0.101. The Morgan fingerprint density at radius 3 is 2.55 bits per heavy atom. The summed E-state index contributed by atoms with van der Waals surface area (Å²) in [4.78, 5) is 27.2. The van der Waals surface area contributed by atoms with E-state index in [4.69, 9.17) is 0 Å². The number of aliphatic hydroxyl groups is 1. The van der Waals surface area contributed by atoms with Crippen molar-refractivity contribution < 1.29 is 27.8 Å². The highest BCUT2D eigenvalue weighted by atomic mass is 32.2. The van der Waals surface area contributed by atoms with E-state index in [2.05, 4.69) is 44.0 Å². The number of alkyl halides is 3. The second-order valence-corrected chi connectivity index (χ2v) is 11.0. The van der Waals surface area contributed by atoms with E-state index in [-0.39, 0.29) is 23.3 Å². The van der Waals surface area contributed by atoms with Gasteiger partial charge in [-0.2, -0.15) is 0 Å². The molecular formula is C30H28F3N7O3S. The van der Waals surface area contributed by atoms with Crippen LogP contribution in [0.2, 0.25) is 0 Å². The normalized spacial score (nSPS) is 15.5. The number of hydrogen-bond donors (Lipinski definition) is 2. The Morgan fingerprint density at radius 2 is 1.86 bits per heavy atom. The van der Waals surface area contributed by atoms with E-state index < -0.39 is 12.7 Å². The molecule has 1 saturated heterocycles. The number of pyridine rings is 1. The van der Waals surface area contributed by atoms with Crippen LogP contribution in [0.3, 0.4) is 0 Å². The third kappa shape index (κ3) is 7.63. The van der Waals surface area contributed by atoms with Crippen molar-refractivity contribution in [1.29, 1.82) is 0 Å². The number of rotatable bonds is 9.